The number of allylic oxidation sites excluding steroid dienone is 4. The van der Waals surface area contributed by atoms with Gasteiger partial charge in [0.05, 0.1) is 18.4 Å². The Kier molecular flexibility index (Phi) is 5.62. The fourth-order valence-corrected chi connectivity index (χ4v) is 3.53. The van der Waals surface area contributed by atoms with Crippen LogP contribution in [0.5, 0.6) is 5.75 Å². The van der Waals surface area contributed by atoms with E-state index < -0.39 is 10.1 Å². The molecule has 1 aliphatic carbocycles. The average molecular weight is 394 g/mol. The number of benzene rings is 2. The van der Waals surface area contributed by atoms with Gasteiger partial charge in [-0.1, -0.05) is 35.5 Å². The molecule has 0 aliphatic heterocycles. The van der Waals surface area contributed by atoms with Crippen LogP contribution in [0.15, 0.2) is 76.3 Å². The van der Waals surface area contributed by atoms with E-state index in [4.69, 9.17) is 9.02 Å². The predicted octanol–water partition coefficient (Wildman–Crippen LogP) is 4.00. The van der Waals surface area contributed by atoms with Crippen molar-refractivity contribution in [3.8, 4) is 11.8 Å². The Morgan fingerprint density at radius 1 is 1.11 bits per heavy atom. The molecule has 142 valence electrons. The van der Waals surface area contributed by atoms with Crippen LogP contribution >= 0.6 is 0 Å². The second-order valence-corrected chi connectivity index (χ2v) is 7.65. The minimum absolute atomic E-state index is 0.0204. The second kappa shape index (κ2) is 8.11. The van der Waals surface area contributed by atoms with Crippen LogP contribution in [0.3, 0.4) is 0 Å². The summed E-state index contributed by atoms with van der Waals surface area (Å²) in [5.41, 5.74) is 3.56. The molecule has 0 heterocycles. The number of ether oxygens (including phenoxy) is 1. The molecule has 0 atom stereocenters. The fraction of sp³-hybridized carbons (Fsp3) is 0.143. The molecule has 1 aliphatic rings. The lowest BCUT2D eigenvalue weighted by atomic mass is 9.96. The van der Waals surface area contributed by atoms with Crippen molar-refractivity contribution < 1.29 is 17.4 Å². The van der Waals surface area contributed by atoms with E-state index in [-0.39, 0.29) is 4.90 Å². The van der Waals surface area contributed by atoms with Crippen LogP contribution < -0.4 is 4.74 Å². The number of oxime groups is 1. The van der Waals surface area contributed by atoms with Crippen molar-refractivity contribution in [2.45, 2.75) is 18.2 Å². The van der Waals surface area contributed by atoms with Gasteiger partial charge in [-0.15, -0.1) is 0 Å². The highest BCUT2D eigenvalue weighted by molar-refractivity contribution is 7.86. The Bertz CT molecular complexity index is 1120. The molecule has 3 rings (SSSR count). The highest BCUT2D eigenvalue weighted by Gasteiger charge is 2.19. The normalized spacial score (nSPS) is 16.7. The first-order valence-corrected chi connectivity index (χ1v) is 9.87. The number of aryl methyl sites for hydroxylation is 1. The molecule has 0 unspecified atom stereocenters. The maximum atomic E-state index is 12.3. The summed E-state index contributed by atoms with van der Waals surface area (Å²) in [4.78, 5) is -0.0204. The molecule has 0 amide bonds. The molecule has 0 aromatic heterocycles. The Morgan fingerprint density at radius 2 is 1.82 bits per heavy atom. The zero-order chi connectivity index (χ0) is 20.1. The van der Waals surface area contributed by atoms with Gasteiger partial charge in [0.25, 0.3) is 0 Å². The van der Waals surface area contributed by atoms with Crippen molar-refractivity contribution in [2.75, 3.05) is 7.11 Å². The van der Waals surface area contributed by atoms with Gasteiger partial charge in [-0.25, -0.2) is 0 Å². The maximum absolute atomic E-state index is 12.3. The quantitative estimate of drug-likeness (QED) is 0.565. The summed E-state index contributed by atoms with van der Waals surface area (Å²) in [5, 5.41) is 13.3. The fourth-order valence-electron chi connectivity index (χ4n) is 2.78. The van der Waals surface area contributed by atoms with Crippen LogP contribution in [0.2, 0.25) is 0 Å². The van der Waals surface area contributed by atoms with Crippen molar-refractivity contribution in [2.24, 2.45) is 5.16 Å². The highest BCUT2D eigenvalue weighted by atomic mass is 32.2. The number of nitriles is 1. The molecule has 28 heavy (non-hydrogen) atoms. The number of hydrogen-bond acceptors (Lipinski definition) is 6. The van der Waals surface area contributed by atoms with Gasteiger partial charge in [0.1, 0.15) is 16.7 Å². The Morgan fingerprint density at radius 3 is 2.46 bits per heavy atom. The van der Waals surface area contributed by atoms with Gasteiger partial charge in [0.2, 0.25) is 0 Å². The molecule has 2 aromatic rings. The van der Waals surface area contributed by atoms with Crippen molar-refractivity contribution >= 4 is 21.4 Å². The molecule has 6 nitrogen and oxygen atoms in total. The molecule has 2 aromatic carbocycles. The molecular formula is C21H18N2O4S. The number of rotatable bonds is 5. The summed E-state index contributed by atoms with van der Waals surface area (Å²) in [7, 11) is -2.54. The second-order valence-electron chi connectivity index (χ2n) is 6.12. The molecule has 0 fully saturated rings. The molecule has 0 spiro atoms. The van der Waals surface area contributed by atoms with E-state index in [0.717, 1.165) is 16.7 Å². The zero-order valence-electron chi connectivity index (χ0n) is 15.4. The van der Waals surface area contributed by atoms with E-state index in [9.17, 15) is 13.7 Å². The van der Waals surface area contributed by atoms with Crippen molar-refractivity contribution in [3.63, 3.8) is 0 Å². The van der Waals surface area contributed by atoms with Crippen LogP contribution in [0, 0.1) is 18.3 Å². The smallest absolute Gasteiger partial charge is 0.358 e. The first kappa shape index (κ1) is 19.4. The van der Waals surface area contributed by atoms with Gasteiger partial charge in [0.15, 0.2) is 0 Å². The van der Waals surface area contributed by atoms with E-state index in [1.54, 1.807) is 12.2 Å². The van der Waals surface area contributed by atoms with Crippen LogP contribution in [-0.4, -0.2) is 21.2 Å². The van der Waals surface area contributed by atoms with Crippen molar-refractivity contribution in [1.82, 2.24) is 0 Å². The number of hydrogen-bond donors (Lipinski definition) is 0. The molecule has 7 heteroatoms. The van der Waals surface area contributed by atoms with Gasteiger partial charge < -0.3 is 4.74 Å². The lowest BCUT2D eigenvalue weighted by Crippen LogP contribution is -2.04. The van der Waals surface area contributed by atoms with E-state index >= 15 is 0 Å². The summed E-state index contributed by atoms with van der Waals surface area (Å²) in [6.45, 7) is 1.94. The third-order valence-corrected chi connectivity index (χ3v) is 5.42. The first-order valence-electron chi connectivity index (χ1n) is 8.46. The molecule has 0 saturated carbocycles. The van der Waals surface area contributed by atoms with E-state index in [2.05, 4.69) is 11.2 Å². The lowest BCUT2D eigenvalue weighted by molar-refractivity contribution is 0.338. The SMILES string of the molecule is COc1ccc(S(=O)(=O)O/N=C2C=C/C(=C(\C#N)c3ccccc3C)C\2)cc1. The van der Waals surface area contributed by atoms with Crippen LogP contribution in [-0.2, 0) is 14.4 Å². The van der Waals surface area contributed by atoms with Gasteiger partial charge in [-0.05, 0) is 54.0 Å². The third-order valence-electron chi connectivity index (χ3n) is 4.30. The van der Waals surface area contributed by atoms with Crippen molar-refractivity contribution in [3.05, 3.63) is 77.4 Å². The average Bonchev–Trinajstić information content (AvgIpc) is 3.17. The minimum Gasteiger partial charge on any atom is -0.497 e. The standard InChI is InChI=1S/C21H18N2O4S/c1-15-5-3-4-6-20(15)21(14-22)16-7-8-17(13-16)23-27-28(24,25)19-11-9-18(26-2)10-12-19/h3-12H,13H2,1-2H3/b21-16-,23-17+. The molecule has 0 bridgehead atoms. The van der Waals surface area contributed by atoms with Gasteiger partial charge >= 0.3 is 10.1 Å². The van der Waals surface area contributed by atoms with Crippen LogP contribution in [0.4, 0.5) is 0 Å². The molecule has 0 radical (unpaired) electrons. The maximum Gasteiger partial charge on any atom is 0.358 e. The summed E-state index contributed by atoms with van der Waals surface area (Å²) in [6, 6.07) is 15.7. The molecular weight excluding hydrogens is 376 g/mol. The summed E-state index contributed by atoms with van der Waals surface area (Å²) in [6.07, 6.45) is 3.72. The lowest BCUT2D eigenvalue weighted by Gasteiger charge is -2.06. The van der Waals surface area contributed by atoms with Crippen molar-refractivity contribution in [1.29, 1.82) is 5.26 Å². The van der Waals surface area contributed by atoms with E-state index in [0.29, 0.717) is 23.5 Å². The first-order chi connectivity index (χ1) is 13.4. The predicted molar refractivity (Wildman–Crippen MR) is 106 cm³/mol. The number of nitrogens with zero attached hydrogens (tertiary/aromatic N) is 2. The van der Waals surface area contributed by atoms with Crippen LogP contribution in [0.25, 0.3) is 5.57 Å². The largest absolute Gasteiger partial charge is 0.497 e. The van der Waals surface area contributed by atoms with Gasteiger partial charge in [0, 0.05) is 6.42 Å². The zero-order valence-corrected chi connectivity index (χ0v) is 16.2. The number of methoxy groups -OCH3 is 1. The summed E-state index contributed by atoms with van der Waals surface area (Å²) in [5.74, 6) is 0.541. The third kappa shape index (κ3) is 4.13. The van der Waals surface area contributed by atoms with Crippen LogP contribution in [0.1, 0.15) is 17.5 Å². The van der Waals surface area contributed by atoms with E-state index in [1.807, 2.05) is 31.2 Å². The monoisotopic (exact) mass is 394 g/mol. The van der Waals surface area contributed by atoms with Gasteiger partial charge in [-0.2, -0.15) is 13.7 Å². The van der Waals surface area contributed by atoms with Gasteiger partial charge in [-0.3, -0.25) is 4.28 Å². The Labute approximate surface area is 164 Å². The Hall–Kier alpha value is -3.37. The van der Waals surface area contributed by atoms with E-state index in [1.165, 1.54) is 31.4 Å². The topological polar surface area (TPSA) is 88.8 Å². The minimum atomic E-state index is -4.03. The molecule has 0 saturated heterocycles. The Balaban J connectivity index is 1.80. The summed E-state index contributed by atoms with van der Waals surface area (Å²) >= 11 is 0. The molecule has 0 N–H and O–H groups in total. The highest BCUT2D eigenvalue weighted by Crippen LogP contribution is 2.28. The summed E-state index contributed by atoms with van der Waals surface area (Å²) < 4.78 is 34.4.